The van der Waals surface area contributed by atoms with Crippen molar-refractivity contribution in [2.24, 2.45) is 5.10 Å². The van der Waals surface area contributed by atoms with E-state index in [1.807, 2.05) is 0 Å². The van der Waals surface area contributed by atoms with Crippen LogP contribution in [0, 0.1) is 0 Å². The van der Waals surface area contributed by atoms with Crippen molar-refractivity contribution in [1.29, 1.82) is 0 Å². The molecule has 4 nitrogen and oxygen atoms in total. The van der Waals surface area contributed by atoms with Gasteiger partial charge in [-0.2, -0.15) is 5.43 Å². The van der Waals surface area contributed by atoms with Crippen LogP contribution >= 0.6 is 34.8 Å². The standard InChI is InChI=1S/C3H2Cl3N3O/c4-2-1(10)3(5,6)8-9-7-2/h8-9H. The molecule has 0 saturated carbocycles. The van der Waals surface area contributed by atoms with Gasteiger partial charge in [0.2, 0.25) is 5.78 Å². The van der Waals surface area contributed by atoms with Crippen LogP contribution in [0.1, 0.15) is 0 Å². The molecule has 0 aromatic rings. The van der Waals surface area contributed by atoms with Crippen molar-refractivity contribution in [3.63, 3.8) is 0 Å². The van der Waals surface area contributed by atoms with Crippen molar-refractivity contribution in [3.05, 3.63) is 0 Å². The Morgan fingerprint density at radius 2 is 2.10 bits per heavy atom. The lowest BCUT2D eigenvalue weighted by Gasteiger charge is -2.21. The molecule has 0 amide bonds. The second-order valence-electron chi connectivity index (χ2n) is 1.54. The minimum Gasteiger partial charge on any atom is -0.286 e. The Bertz CT molecular complexity index is 201. The lowest BCUT2D eigenvalue weighted by atomic mass is 10.4. The number of Topliss-reactive ketones (excluding diaryl/α,β-unsaturated/α-hetero) is 1. The first-order valence-corrected chi connectivity index (χ1v) is 3.35. The maximum absolute atomic E-state index is 10.8. The number of alkyl halides is 2. The number of nitrogens with one attached hydrogen (secondary N) is 2. The van der Waals surface area contributed by atoms with E-state index in [2.05, 4.69) is 16.1 Å². The van der Waals surface area contributed by atoms with E-state index in [9.17, 15) is 4.79 Å². The Labute approximate surface area is 71.5 Å². The van der Waals surface area contributed by atoms with Gasteiger partial charge in [-0.15, -0.1) is 5.10 Å². The fourth-order valence-corrected chi connectivity index (χ4v) is 0.929. The van der Waals surface area contributed by atoms with Crippen LogP contribution in [0.4, 0.5) is 0 Å². The Hall–Kier alpha value is -0.0300. The van der Waals surface area contributed by atoms with Crippen LogP contribution in [0.2, 0.25) is 0 Å². The SMILES string of the molecule is O=C1C(Cl)=NNNC1(Cl)Cl. The highest BCUT2D eigenvalue weighted by Crippen LogP contribution is 2.20. The van der Waals surface area contributed by atoms with Crippen molar-refractivity contribution in [2.75, 3.05) is 0 Å². The molecule has 0 bridgehead atoms. The highest BCUT2D eigenvalue weighted by molar-refractivity contribution is 6.88. The number of hydrogen-bond acceptors (Lipinski definition) is 4. The quantitative estimate of drug-likeness (QED) is 0.440. The smallest absolute Gasteiger partial charge is 0.252 e. The third-order valence-electron chi connectivity index (χ3n) is 0.839. The van der Waals surface area contributed by atoms with Gasteiger partial charge >= 0.3 is 0 Å². The fraction of sp³-hybridized carbons (Fsp3) is 0.333. The van der Waals surface area contributed by atoms with Gasteiger partial charge in [0, 0.05) is 0 Å². The minimum absolute atomic E-state index is 0.274. The third-order valence-corrected chi connectivity index (χ3v) is 1.63. The molecular formula is C3H2Cl3N3O. The van der Waals surface area contributed by atoms with Crippen molar-refractivity contribution in [2.45, 2.75) is 4.46 Å². The molecule has 1 aliphatic heterocycles. The second kappa shape index (κ2) is 2.54. The minimum atomic E-state index is -1.71. The number of hydrazone groups is 1. The maximum Gasteiger partial charge on any atom is 0.252 e. The lowest BCUT2D eigenvalue weighted by molar-refractivity contribution is -0.114. The summed E-state index contributed by atoms with van der Waals surface area (Å²) in [5.74, 6) is -0.670. The molecule has 10 heavy (non-hydrogen) atoms. The van der Waals surface area contributed by atoms with Gasteiger partial charge in [-0.1, -0.05) is 34.8 Å². The first-order valence-electron chi connectivity index (χ1n) is 2.22. The average molecular weight is 202 g/mol. The van der Waals surface area contributed by atoms with Gasteiger partial charge in [0.05, 0.1) is 0 Å². The van der Waals surface area contributed by atoms with E-state index in [1.165, 1.54) is 0 Å². The van der Waals surface area contributed by atoms with E-state index in [-0.39, 0.29) is 5.17 Å². The molecule has 0 unspecified atom stereocenters. The van der Waals surface area contributed by atoms with Gasteiger partial charge in [-0.25, -0.2) is 5.53 Å². The van der Waals surface area contributed by atoms with E-state index in [0.717, 1.165) is 0 Å². The van der Waals surface area contributed by atoms with Crippen LogP contribution < -0.4 is 11.0 Å². The van der Waals surface area contributed by atoms with Crippen LogP contribution in [-0.2, 0) is 4.79 Å². The van der Waals surface area contributed by atoms with Gasteiger partial charge in [0.1, 0.15) is 0 Å². The monoisotopic (exact) mass is 201 g/mol. The van der Waals surface area contributed by atoms with Gasteiger partial charge in [0.15, 0.2) is 5.17 Å². The fourth-order valence-electron chi connectivity index (χ4n) is 0.384. The van der Waals surface area contributed by atoms with Gasteiger partial charge in [0.25, 0.3) is 4.46 Å². The molecule has 0 aromatic carbocycles. The van der Waals surface area contributed by atoms with E-state index < -0.39 is 10.2 Å². The zero-order chi connectivity index (χ0) is 7.78. The van der Waals surface area contributed by atoms with Gasteiger partial charge in [-0.3, -0.25) is 4.79 Å². The Kier molecular flexibility index (Phi) is 2.05. The molecular weight excluding hydrogens is 200 g/mol. The van der Waals surface area contributed by atoms with E-state index in [1.54, 1.807) is 0 Å². The van der Waals surface area contributed by atoms with Crippen LogP contribution in [0.15, 0.2) is 5.10 Å². The first-order chi connectivity index (χ1) is 4.54. The first kappa shape index (κ1) is 8.07. The van der Waals surface area contributed by atoms with Crippen molar-refractivity contribution < 1.29 is 4.79 Å². The van der Waals surface area contributed by atoms with Gasteiger partial charge in [-0.05, 0) is 0 Å². The molecule has 0 fully saturated rings. The molecule has 0 atom stereocenters. The van der Waals surface area contributed by atoms with Gasteiger partial charge < -0.3 is 0 Å². The molecule has 0 spiro atoms. The Balaban J connectivity index is 2.89. The number of hydrazine groups is 1. The van der Waals surface area contributed by atoms with Crippen molar-refractivity contribution >= 4 is 45.8 Å². The summed E-state index contributed by atoms with van der Waals surface area (Å²) in [6.07, 6.45) is 0. The van der Waals surface area contributed by atoms with Crippen LogP contribution in [0.5, 0.6) is 0 Å². The molecule has 56 valence electrons. The predicted molar refractivity (Wildman–Crippen MR) is 39.0 cm³/mol. The van der Waals surface area contributed by atoms with E-state index in [0.29, 0.717) is 0 Å². The van der Waals surface area contributed by atoms with Crippen molar-refractivity contribution in [1.82, 2.24) is 11.0 Å². The summed E-state index contributed by atoms with van der Waals surface area (Å²) in [4.78, 5) is 10.8. The maximum atomic E-state index is 10.8. The summed E-state index contributed by atoms with van der Waals surface area (Å²) in [7, 11) is 0. The normalized spacial score (nSPS) is 23.5. The Morgan fingerprint density at radius 1 is 1.50 bits per heavy atom. The van der Waals surface area contributed by atoms with Crippen LogP contribution in [0.3, 0.4) is 0 Å². The summed E-state index contributed by atoms with van der Waals surface area (Å²) < 4.78 is -1.71. The third kappa shape index (κ3) is 1.34. The highest BCUT2D eigenvalue weighted by atomic mass is 35.5. The zero-order valence-electron chi connectivity index (χ0n) is 4.49. The van der Waals surface area contributed by atoms with Crippen molar-refractivity contribution in [3.8, 4) is 0 Å². The number of ketones is 1. The number of nitrogens with zero attached hydrogens (tertiary/aromatic N) is 1. The predicted octanol–water partition coefficient (Wildman–Crippen LogP) is 0.347. The molecule has 1 aliphatic rings. The molecule has 0 radical (unpaired) electrons. The van der Waals surface area contributed by atoms with E-state index >= 15 is 0 Å². The summed E-state index contributed by atoms with van der Waals surface area (Å²) in [5.41, 5.74) is 4.37. The molecule has 0 aliphatic carbocycles. The highest BCUT2D eigenvalue weighted by Gasteiger charge is 2.38. The largest absolute Gasteiger partial charge is 0.286 e. The van der Waals surface area contributed by atoms with E-state index in [4.69, 9.17) is 34.8 Å². The molecule has 0 aromatic heterocycles. The lowest BCUT2D eigenvalue weighted by Crippen LogP contribution is -2.53. The summed E-state index contributed by atoms with van der Waals surface area (Å²) in [5, 5.41) is 3.03. The number of rotatable bonds is 0. The number of halogens is 3. The number of hydrogen-bond donors (Lipinski definition) is 2. The second-order valence-corrected chi connectivity index (χ2v) is 3.23. The number of carbonyl (C=O) groups excluding carboxylic acids is 1. The topological polar surface area (TPSA) is 53.5 Å². The summed E-state index contributed by atoms with van der Waals surface area (Å²) in [6, 6.07) is 0. The summed E-state index contributed by atoms with van der Waals surface area (Å²) >= 11 is 16.1. The molecule has 1 heterocycles. The molecule has 7 heteroatoms. The summed E-state index contributed by atoms with van der Waals surface area (Å²) in [6.45, 7) is 0. The van der Waals surface area contributed by atoms with Crippen LogP contribution in [-0.4, -0.2) is 15.4 Å². The molecule has 2 N–H and O–H groups in total. The zero-order valence-corrected chi connectivity index (χ0v) is 6.76. The Morgan fingerprint density at radius 3 is 2.50 bits per heavy atom. The number of carbonyl (C=O) groups is 1. The molecule has 0 saturated heterocycles. The average Bonchev–Trinajstić information content (AvgIpc) is 1.83. The molecule has 1 rings (SSSR count). The van der Waals surface area contributed by atoms with Crippen LogP contribution in [0.25, 0.3) is 0 Å².